The van der Waals surface area contributed by atoms with E-state index in [2.05, 4.69) is 10.4 Å². The van der Waals surface area contributed by atoms with E-state index in [1.54, 1.807) is 6.20 Å². The second kappa shape index (κ2) is 7.35. The molecule has 1 aromatic heterocycles. The Balaban J connectivity index is 1.71. The van der Waals surface area contributed by atoms with Crippen molar-refractivity contribution in [3.05, 3.63) is 54.4 Å². The van der Waals surface area contributed by atoms with Crippen molar-refractivity contribution in [1.82, 2.24) is 20.0 Å². The maximum Gasteiger partial charge on any atom is 0.317 e. The summed E-state index contributed by atoms with van der Waals surface area (Å²) in [5.74, 6) is 2.03. The van der Waals surface area contributed by atoms with E-state index in [0.717, 1.165) is 30.2 Å². The standard InChI is InChI=1S/C16H20N4OS/c21-16(19-9-11-22-12-10-19)18-15(13-20-8-4-7-17-20)14-5-2-1-3-6-14/h1-8,15H,9-13H2,(H,18,21)/t15-/m0/s1. The lowest BCUT2D eigenvalue weighted by atomic mass is 10.1. The fraction of sp³-hybridized carbons (Fsp3) is 0.375. The van der Waals surface area contributed by atoms with Crippen LogP contribution in [0, 0.1) is 0 Å². The highest BCUT2D eigenvalue weighted by molar-refractivity contribution is 7.99. The second-order valence-electron chi connectivity index (χ2n) is 5.24. The Morgan fingerprint density at radius 2 is 2.00 bits per heavy atom. The third-order valence-corrected chi connectivity index (χ3v) is 4.67. The summed E-state index contributed by atoms with van der Waals surface area (Å²) in [6.07, 6.45) is 3.67. The molecule has 0 unspecified atom stereocenters. The van der Waals surface area contributed by atoms with Crippen LogP contribution in [-0.2, 0) is 6.54 Å². The van der Waals surface area contributed by atoms with Gasteiger partial charge in [-0.25, -0.2) is 4.79 Å². The van der Waals surface area contributed by atoms with Gasteiger partial charge in [-0.2, -0.15) is 16.9 Å². The molecule has 1 aliphatic rings. The number of benzene rings is 1. The van der Waals surface area contributed by atoms with Gasteiger partial charge in [0.1, 0.15) is 0 Å². The minimum atomic E-state index is -0.0804. The van der Waals surface area contributed by atoms with Crippen LogP contribution < -0.4 is 5.32 Å². The molecule has 0 radical (unpaired) electrons. The van der Waals surface area contributed by atoms with Crippen LogP contribution in [0.5, 0.6) is 0 Å². The first kappa shape index (κ1) is 15.0. The largest absolute Gasteiger partial charge is 0.329 e. The minimum absolute atomic E-state index is 0.0151. The second-order valence-corrected chi connectivity index (χ2v) is 6.47. The number of hydrogen-bond donors (Lipinski definition) is 1. The van der Waals surface area contributed by atoms with Gasteiger partial charge in [-0.05, 0) is 11.6 Å². The van der Waals surface area contributed by atoms with Crippen LogP contribution in [0.15, 0.2) is 48.8 Å². The van der Waals surface area contributed by atoms with Crippen LogP contribution in [0.4, 0.5) is 4.79 Å². The molecule has 0 bridgehead atoms. The molecule has 1 saturated heterocycles. The van der Waals surface area contributed by atoms with E-state index in [0.29, 0.717) is 6.54 Å². The molecule has 2 aromatic rings. The minimum Gasteiger partial charge on any atom is -0.329 e. The lowest BCUT2D eigenvalue weighted by Crippen LogP contribution is -2.46. The number of hydrogen-bond acceptors (Lipinski definition) is 3. The zero-order valence-corrected chi connectivity index (χ0v) is 13.2. The number of rotatable bonds is 4. The van der Waals surface area contributed by atoms with E-state index in [4.69, 9.17) is 0 Å². The fourth-order valence-electron chi connectivity index (χ4n) is 2.52. The van der Waals surface area contributed by atoms with Gasteiger partial charge in [-0.3, -0.25) is 4.68 Å². The average Bonchev–Trinajstić information content (AvgIpc) is 3.09. The average molecular weight is 316 g/mol. The Hall–Kier alpha value is -1.95. The van der Waals surface area contributed by atoms with Crippen molar-refractivity contribution in [2.45, 2.75) is 12.6 Å². The number of carbonyl (C=O) groups excluding carboxylic acids is 1. The lowest BCUT2D eigenvalue weighted by Gasteiger charge is -2.29. The summed E-state index contributed by atoms with van der Waals surface area (Å²) in [6.45, 7) is 2.27. The first-order valence-electron chi connectivity index (χ1n) is 7.48. The Labute approximate surface area is 134 Å². The molecule has 1 fully saturated rings. The normalized spacial score (nSPS) is 16.3. The molecule has 0 saturated carbocycles. The first-order chi connectivity index (χ1) is 10.8. The molecule has 1 aromatic carbocycles. The zero-order chi connectivity index (χ0) is 15.2. The number of amides is 2. The molecule has 22 heavy (non-hydrogen) atoms. The highest BCUT2D eigenvalue weighted by Gasteiger charge is 2.21. The predicted molar refractivity (Wildman–Crippen MR) is 88.8 cm³/mol. The summed E-state index contributed by atoms with van der Waals surface area (Å²) in [7, 11) is 0. The summed E-state index contributed by atoms with van der Waals surface area (Å²) < 4.78 is 1.85. The van der Waals surface area contributed by atoms with Crippen molar-refractivity contribution < 1.29 is 4.79 Å². The molecule has 0 aliphatic carbocycles. The number of carbonyl (C=O) groups is 1. The van der Waals surface area contributed by atoms with E-state index < -0.39 is 0 Å². The Morgan fingerprint density at radius 1 is 1.23 bits per heavy atom. The van der Waals surface area contributed by atoms with Gasteiger partial charge in [-0.15, -0.1) is 0 Å². The van der Waals surface area contributed by atoms with Gasteiger partial charge >= 0.3 is 6.03 Å². The van der Waals surface area contributed by atoms with Gasteiger partial charge in [0.05, 0.1) is 12.6 Å². The number of urea groups is 1. The van der Waals surface area contributed by atoms with Crippen molar-refractivity contribution in [2.75, 3.05) is 24.6 Å². The molecular formula is C16H20N4OS. The highest BCUT2D eigenvalue weighted by atomic mass is 32.2. The number of nitrogens with one attached hydrogen (secondary N) is 1. The number of nitrogens with zero attached hydrogens (tertiary/aromatic N) is 3. The topological polar surface area (TPSA) is 50.2 Å². The smallest absolute Gasteiger partial charge is 0.317 e. The molecule has 1 aliphatic heterocycles. The van der Waals surface area contributed by atoms with E-state index in [1.165, 1.54) is 0 Å². The van der Waals surface area contributed by atoms with Gasteiger partial charge in [0.15, 0.2) is 0 Å². The quantitative estimate of drug-likeness (QED) is 0.942. The molecule has 3 rings (SSSR count). The van der Waals surface area contributed by atoms with Gasteiger partial charge in [0.2, 0.25) is 0 Å². The van der Waals surface area contributed by atoms with Gasteiger partial charge in [0.25, 0.3) is 0 Å². The highest BCUT2D eigenvalue weighted by Crippen LogP contribution is 2.16. The molecule has 116 valence electrons. The third kappa shape index (κ3) is 3.82. The van der Waals surface area contributed by atoms with E-state index >= 15 is 0 Å². The Bertz CT molecular complexity index is 581. The maximum atomic E-state index is 12.5. The van der Waals surface area contributed by atoms with Crippen LogP contribution in [0.25, 0.3) is 0 Å². The van der Waals surface area contributed by atoms with Crippen molar-refractivity contribution >= 4 is 17.8 Å². The number of aromatic nitrogens is 2. The SMILES string of the molecule is O=C(N[C@@H](Cn1cccn1)c1ccccc1)N1CCSCC1. The van der Waals surface area contributed by atoms with Crippen LogP contribution >= 0.6 is 11.8 Å². The summed E-state index contributed by atoms with van der Waals surface area (Å²) >= 11 is 1.90. The summed E-state index contributed by atoms with van der Waals surface area (Å²) in [6, 6.07) is 11.9. The van der Waals surface area contributed by atoms with E-state index in [1.807, 2.05) is 63.9 Å². The monoisotopic (exact) mass is 316 g/mol. The number of thioether (sulfide) groups is 1. The Morgan fingerprint density at radius 3 is 2.68 bits per heavy atom. The Kier molecular flexibility index (Phi) is 5.00. The van der Waals surface area contributed by atoms with Crippen LogP contribution in [0.1, 0.15) is 11.6 Å². The van der Waals surface area contributed by atoms with Crippen LogP contribution in [0.3, 0.4) is 0 Å². The molecular weight excluding hydrogens is 296 g/mol. The van der Waals surface area contributed by atoms with Crippen molar-refractivity contribution in [2.24, 2.45) is 0 Å². The van der Waals surface area contributed by atoms with Crippen LogP contribution in [-0.4, -0.2) is 45.3 Å². The summed E-state index contributed by atoms with van der Waals surface area (Å²) in [4.78, 5) is 14.4. The van der Waals surface area contributed by atoms with Crippen molar-refractivity contribution in [3.63, 3.8) is 0 Å². The molecule has 2 amide bonds. The van der Waals surface area contributed by atoms with Gasteiger partial charge in [0, 0.05) is 37.0 Å². The van der Waals surface area contributed by atoms with Crippen molar-refractivity contribution in [1.29, 1.82) is 0 Å². The molecule has 6 heteroatoms. The maximum absolute atomic E-state index is 12.5. The summed E-state index contributed by atoms with van der Waals surface area (Å²) in [5, 5.41) is 7.41. The zero-order valence-electron chi connectivity index (χ0n) is 12.4. The van der Waals surface area contributed by atoms with Crippen molar-refractivity contribution in [3.8, 4) is 0 Å². The van der Waals surface area contributed by atoms with E-state index in [-0.39, 0.29) is 12.1 Å². The first-order valence-corrected chi connectivity index (χ1v) is 8.64. The van der Waals surface area contributed by atoms with E-state index in [9.17, 15) is 4.79 Å². The third-order valence-electron chi connectivity index (χ3n) is 3.73. The molecule has 5 nitrogen and oxygen atoms in total. The molecule has 1 N–H and O–H groups in total. The summed E-state index contributed by atoms with van der Waals surface area (Å²) in [5.41, 5.74) is 1.10. The lowest BCUT2D eigenvalue weighted by molar-refractivity contribution is 0.197. The predicted octanol–water partition coefficient (Wildman–Crippen LogP) is 2.38. The molecule has 0 spiro atoms. The van der Waals surface area contributed by atoms with Gasteiger partial charge in [-0.1, -0.05) is 30.3 Å². The molecule has 2 heterocycles. The van der Waals surface area contributed by atoms with Crippen LogP contribution in [0.2, 0.25) is 0 Å². The fourth-order valence-corrected chi connectivity index (χ4v) is 3.43. The van der Waals surface area contributed by atoms with Gasteiger partial charge < -0.3 is 10.2 Å². The molecule has 1 atom stereocenters.